The summed E-state index contributed by atoms with van der Waals surface area (Å²) in [6.45, 7) is -0.0526. The molecule has 4 aromatic rings. The molecule has 39 heavy (non-hydrogen) atoms. The van der Waals surface area contributed by atoms with Crippen LogP contribution in [-0.2, 0) is 16.7 Å². The summed E-state index contributed by atoms with van der Waals surface area (Å²) in [5.74, 6) is -7.10. The van der Waals surface area contributed by atoms with Crippen LogP contribution >= 0.6 is 15.9 Å². The van der Waals surface area contributed by atoms with E-state index in [0.29, 0.717) is 0 Å². The summed E-state index contributed by atoms with van der Waals surface area (Å²) >= 11 is 3.36. The van der Waals surface area contributed by atoms with Gasteiger partial charge in [-0.1, -0.05) is 76.6 Å². The number of carboxylic acids is 1. The molecule has 0 spiro atoms. The minimum absolute atomic E-state index is 0.0526. The Kier molecular flexibility index (Phi) is 12.0. The van der Waals surface area contributed by atoms with Gasteiger partial charge >= 0.3 is 11.9 Å². The number of carboxylic acid groups (broad SMARTS) is 1. The van der Waals surface area contributed by atoms with E-state index in [1.54, 1.807) is 24.3 Å². The first-order valence-corrected chi connectivity index (χ1v) is 12.2. The molecule has 0 atom stereocenters. The lowest BCUT2D eigenvalue weighted by Gasteiger charge is -2.07. The number of aromatic carboxylic acids is 1. The third-order valence-electron chi connectivity index (χ3n) is 4.76. The average Bonchev–Trinajstić information content (AvgIpc) is 2.88. The number of carbonyl (C=O) groups excluding carboxylic acids is 1. The van der Waals surface area contributed by atoms with Crippen molar-refractivity contribution < 1.29 is 37.0 Å². The molecule has 0 aromatic heterocycles. The van der Waals surface area contributed by atoms with Gasteiger partial charge in [0.2, 0.25) is 0 Å². The fraction of sp³-hybridized carbons (Fsp3) is 0.0714. The summed E-state index contributed by atoms with van der Waals surface area (Å²) in [6.07, 6.45) is 0. The quantitative estimate of drug-likeness (QED) is 0.100. The first kappa shape index (κ1) is 30.8. The van der Waals surface area contributed by atoms with Gasteiger partial charge in [0.25, 0.3) is 0 Å². The number of hydrogen-bond acceptors (Lipinski definition) is 5. The van der Waals surface area contributed by atoms with Crippen LogP contribution in [0.5, 0.6) is 0 Å². The molecular formula is C28H23BrF4N2O4. The van der Waals surface area contributed by atoms with E-state index in [1.807, 2.05) is 24.3 Å². The first-order chi connectivity index (χ1) is 18.5. The van der Waals surface area contributed by atoms with Gasteiger partial charge in [-0.2, -0.15) is 0 Å². The molecule has 0 unspecified atom stereocenters. The van der Waals surface area contributed by atoms with E-state index in [0.717, 1.165) is 35.2 Å². The largest absolute Gasteiger partial charge is 0.477 e. The van der Waals surface area contributed by atoms with Gasteiger partial charge < -0.3 is 21.3 Å². The van der Waals surface area contributed by atoms with Gasteiger partial charge in [0.15, 0.2) is 0 Å². The van der Waals surface area contributed by atoms with Crippen molar-refractivity contribution in [3.63, 3.8) is 0 Å². The van der Waals surface area contributed by atoms with Crippen LogP contribution in [0, 0.1) is 23.3 Å². The van der Waals surface area contributed by atoms with Gasteiger partial charge in [-0.05, 0) is 35.4 Å². The van der Waals surface area contributed by atoms with Crippen LogP contribution in [0.3, 0.4) is 0 Å². The van der Waals surface area contributed by atoms with Crippen LogP contribution in [0.4, 0.5) is 28.9 Å². The summed E-state index contributed by atoms with van der Waals surface area (Å²) in [5.41, 5.74) is 10.4. The topological polar surface area (TPSA) is 116 Å². The van der Waals surface area contributed by atoms with Crippen molar-refractivity contribution in [3.8, 4) is 0 Å². The molecule has 0 aliphatic rings. The Balaban J connectivity index is 0.000000227. The number of nitrogens with two attached hydrogens (primary N) is 2. The molecule has 6 nitrogen and oxygen atoms in total. The van der Waals surface area contributed by atoms with Gasteiger partial charge in [-0.25, -0.2) is 27.2 Å². The number of ether oxygens (including phenoxy) is 1. The Bertz CT molecular complexity index is 1360. The number of halogens is 5. The van der Waals surface area contributed by atoms with E-state index in [9.17, 15) is 27.2 Å². The maximum Gasteiger partial charge on any atom is 0.344 e. The lowest BCUT2D eigenvalue weighted by Crippen LogP contribution is -2.11. The molecule has 4 rings (SSSR count). The van der Waals surface area contributed by atoms with Crippen LogP contribution in [0.2, 0.25) is 0 Å². The molecule has 0 saturated carbocycles. The molecule has 204 valence electrons. The Morgan fingerprint density at radius 2 is 1.08 bits per heavy atom. The van der Waals surface area contributed by atoms with E-state index in [-0.39, 0.29) is 18.0 Å². The van der Waals surface area contributed by atoms with Crippen molar-refractivity contribution in [3.05, 3.63) is 130 Å². The van der Waals surface area contributed by atoms with Crippen molar-refractivity contribution in [1.29, 1.82) is 0 Å². The molecule has 0 radical (unpaired) electrons. The molecule has 0 aliphatic carbocycles. The molecule has 0 bridgehead atoms. The average molecular weight is 607 g/mol. The number of hydrogen-bond donors (Lipinski definition) is 3. The van der Waals surface area contributed by atoms with Gasteiger partial charge in [0, 0.05) is 16.7 Å². The molecule has 0 fully saturated rings. The second-order valence-corrected chi connectivity index (χ2v) is 8.27. The number of anilines is 2. The van der Waals surface area contributed by atoms with Gasteiger partial charge in [0.05, 0.1) is 0 Å². The zero-order valence-electron chi connectivity index (χ0n) is 20.2. The zero-order valence-corrected chi connectivity index (χ0v) is 21.8. The highest BCUT2D eigenvalue weighted by molar-refractivity contribution is 9.08. The zero-order chi connectivity index (χ0) is 28.9. The smallest absolute Gasteiger partial charge is 0.344 e. The number of rotatable bonds is 5. The van der Waals surface area contributed by atoms with Crippen molar-refractivity contribution >= 4 is 39.2 Å². The first-order valence-electron chi connectivity index (χ1n) is 11.1. The Morgan fingerprint density at radius 3 is 1.44 bits per heavy atom. The standard InChI is InChI=1S/C14H11F2NO2.C7H7Br.C7H5F2NO2/c15-11-6-10(17)7-12(16)13(11)14(18)19-8-9-4-2-1-3-5-9;8-6-7-4-2-1-3-5-7;8-4-1-3(10)2-5(9)6(4)7(11)12/h1-7H,8,17H2;1-5H,6H2;1-2H,10H2,(H,11,12). The minimum atomic E-state index is -1.65. The van der Waals surface area contributed by atoms with Crippen LogP contribution in [0.25, 0.3) is 0 Å². The molecule has 0 saturated heterocycles. The van der Waals surface area contributed by atoms with E-state index in [2.05, 4.69) is 28.1 Å². The Labute approximate surface area is 230 Å². The normalized spacial score (nSPS) is 9.87. The second kappa shape index (κ2) is 15.1. The predicted molar refractivity (Wildman–Crippen MR) is 143 cm³/mol. The minimum Gasteiger partial charge on any atom is -0.477 e. The summed E-state index contributed by atoms with van der Waals surface area (Å²) in [7, 11) is 0. The van der Waals surface area contributed by atoms with E-state index >= 15 is 0 Å². The van der Waals surface area contributed by atoms with Crippen molar-refractivity contribution in [2.75, 3.05) is 11.5 Å². The maximum atomic E-state index is 13.5. The Hall–Kier alpha value is -4.38. The fourth-order valence-corrected chi connectivity index (χ4v) is 3.32. The van der Waals surface area contributed by atoms with Gasteiger partial charge in [-0.15, -0.1) is 0 Å². The number of alkyl halides is 1. The molecular weight excluding hydrogens is 584 g/mol. The van der Waals surface area contributed by atoms with Crippen LogP contribution in [0.1, 0.15) is 31.8 Å². The maximum absolute atomic E-state index is 13.5. The summed E-state index contributed by atoms with van der Waals surface area (Å²) in [4.78, 5) is 21.9. The van der Waals surface area contributed by atoms with Crippen molar-refractivity contribution in [1.82, 2.24) is 0 Å². The van der Waals surface area contributed by atoms with Crippen molar-refractivity contribution in [2.24, 2.45) is 0 Å². The lowest BCUT2D eigenvalue weighted by molar-refractivity contribution is 0.0461. The van der Waals surface area contributed by atoms with Gasteiger partial charge in [-0.3, -0.25) is 0 Å². The molecule has 11 heteroatoms. The summed E-state index contributed by atoms with van der Waals surface area (Å²) in [6, 6.07) is 22.4. The van der Waals surface area contributed by atoms with Crippen LogP contribution < -0.4 is 11.5 Å². The third-order valence-corrected chi connectivity index (χ3v) is 5.40. The van der Waals surface area contributed by atoms with E-state index in [4.69, 9.17) is 21.3 Å². The highest BCUT2D eigenvalue weighted by atomic mass is 79.9. The van der Waals surface area contributed by atoms with Crippen LogP contribution in [0.15, 0.2) is 84.9 Å². The monoisotopic (exact) mass is 606 g/mol. The molecule has 0 aliphatic heterocycles. The van der Waals surface area contributed by atoms with Gasteiger partial charge in [0.1, 0.15) is 41.0 Å². The number of benzene rings is 4. The van der Waals surface area contributed by atoms with Crippen LogP contribution in [-0.4, -0.2) is 17.0 Å². The fourth-order valence-electron chi connectivity index (χ4n) is 2.95. The van der Waals surface area contributed by atoms with E-state index < -0.39 is 46.3 Å². The molecule has 0 heterocycles. The lowest BCUT2D eigenvalue weighted by atomic mass is 10.2. The highest BCUT2D eigenvalue weighted by Crippen LogP contribution is 2.19. The number of esters is 1. The number of nitrogen functional groups attached to an aromatic ring is 2. The third kappa shape index (κ3) is 9.78. The predicted octanol–water partition coefficient (Wildman–Crippen LogP) is 6.73. The number of carbonyl (C=O) groups is 2. The second-order valence-electron chi connectivity index (χ2n) is 7.71. The highest BCUT2D eigenvalue weighted by Gasteiger charge is 2.20. The van der Waals surface area contributed by atoms with Crippen molar-refractivity contribution in [2.45, 2.75) is 11.9 Å². The SMILES string of the molecule is BrCc1ccccc1.Nc1cc(F)c(C(=O)O)c(F)c1.Nc1cc(F)c(C(=O)OCc2ccccc2)c(F)c1. The summed E-state index contributed by atoms with van der Waals surface area (Å²) in [5, 5.41) is 9.27. The summed E-state index contributed by atoms with van der Waals surface area (Å²) < 4.78 is 57.1. The Morgan fingerprint density at radius 1 is 0.692 bits per heavy atom. The van der Waals surface area contributed by atoms with E-state index in [1.165, 1.54) is 5.56 Å². The molecule has 4 aromatic carbocycles. The molecule has 5 N–H and O–H groups in total. The molecule has 0 amide bonds.